The van der Waals surface area contributed by atoms with Gasteiger partial charge >= 0.3 is 0 Å². The Labute approximate surface area is 115 Å². The second kappa shape index (κ2) is 5.88. The molecule has 5 nitrogen and oxygen atoms in total. The van der Waals surface area contributed by atoms with Crippen molar-refractivity contribution < 1.29 is 8.42 Å². The summed E-state index contributed by atoms with van der Waals surface area (Å²) < 4.78 is 26.8. The van der Waals surface area contributed by atoms with E-state index in [0.717, 1.165) is 25.7 Å². The third-order valence-corrected chi connectivity index (χ3v) is 5.47. The van der Waals surface area contributed by atoms with Gasteiger partial charge in [-0.25, -0.2) is 13.4 Å². The van der Waals surface area contributed by atoms with Crippen LogP contribution < -0.4 is 5.32 Å². The predicted molar refractivity (Wildman–Crippen MR) is 75.6 cm³/mol. The number of nitrogens with one attached hydrogen (secondary N) is 1. The molecule has 1 aromatic heterocycles. The molecule has 1 aliphatic rings. The van der Waals surface area contributed by atoms with E-state index in [1.807, 2.05) is 6.92 Å². The van der Waals surface area contributed by atoms with Gasteiger partial charge in [-0.15, -0.1) is 0 Å². The Morgan fingerprint density at radius 2 is 2.11 bits per heavy atom. The van der Waals surface area contributed by atoms with Gasteiger partial charge in [-0.3, -0.25) is 0 Å². The number of hydrogen-bond acceptors (Lipinski definition) is 4. The lowest BCUT2D eigenvalue weighted by atomic mass is 10.3. The van der Waals surface area contributed by atoms with Crippen LogP contribution in [0, 0.1) is 0 Å². The minimum Gasteiger partial charge on any atom is -0.383 e. The van der Waals surface area contributed by atoms with Gasteiger partial charge in [0.05, 0.1) is 5.69 Å². The molecule has 1 aliphatic carbocycles. The zero-order chi connectivity index (χ0) is 13.9. The molecule has 0 aliphatic heterocycles. The fourth-order valence-electron chi connectivity index (χ4n) is 2.52. The Kier molecular flexibility index (Phi) is 4.42. The van der Waals surface area contributed by atoms with Gasteiger partial charge in [0.2, 0.25) is 0 Å². The predicted octanol–water partition coefficient (Wildman–Crippen LogP) is 2.08. The van der Waals surface area contributed by atoms with E-state index in [1.165, 1.54) is 10.5 Å². The molecular formula is C13H21N3O2S. The van der Waals surface area contributed by atoms with Gasteiger partial charge in [0.15, 0.2) is 5.03 Å². The normalized spacial score (nSPS) is 17.0. The van der Waals surface area contributed by atoms with Crippen LogP contribution in [0.3, 0.4) is 0 Å². The van der Waals surface area contributed by atoms with Gasteiger partial charge in [-0.05, 0) is 31.9 Å². The summed E-state index contributed by atoms with van der Waals surface area (Å²) in [5.74, 6) is 0. The molecule has 0 atom stereocenters. The molecule has 0 unspecified atom stereocenters. The maximum absolute atomic E-state index is 12.6. The van der Waals surface area contributed by atoms with E-state index >= 15 is 0 Å². The highest BCUT2D eigenvalue weighted by Crippen LogP contribution is 2.29. The number of anilines is 1. The highest BCUT2D eigenvalue weighted by Gasteiger charge is 2.32. The maximum atomic E-state index is 12.6. The molecule has 1 fully saturated rings. The quantitative estimate of drug-likeness (QED) is 0.898. The van der Waals surface area contributed by atoms with Crippen molar-refractivity contribution >= 4 is 15.7 Å². The van der Waals surface area contributed by atoms with Crippen molar-refractivity contribution in [3.05, 3.63) is 18.3 Å². The summed E-state index contributed by atoms with van der Waals surface area (Å²) in [6.45, 7) is 2.60. The Balaban J connectivity index is 2.33. The molecule has 1 aromatic rings. The molecule has 19 heavy (non-hydrogen) atoms. The lowest BCUT2D eigenvalue weighted by Gasteiger charge is -2.24. The summed E-state index contributed by atoms with van der Waals surface area (Å²) in [5, 5.41) is 3.19. The van der Waals surface area contributed by atoms with Crippen LogP contribution in [0.1, 0.15) is 32.6 Å². The van der Waals surface area contributed by atoms with Crippen molar-refractivity contribution in [2.45, 2.75) is 43.7 Å². The van der Waals surface area contributed by atoms with Crippen LogP contribution in [-0.4, -0.2) is 37.3 Å². The van der Waals surface area contributed by atoms with Gasteiger partial charge in [-0.1, -0.05) is 12.8 Å². The Bertz CT molecular complexity index is 524. The van der Waals surface area contributed by atoms with E-state index in [0.29, 0.717) is 12.2 Å². The standard InChI is InChI=1S/C13H21N3O2S/c1-3-14-12-9-6-10-15-13(12)19(17,18)16(2)11-7-4-5-8-11/h6,9-11,14H,3-5,7-8H2,1-2H3. The van der Waals surface area contributed by atoms with Crippen LogP contribution >= 0.6 is 0 Å². The SMILES string of the molecule is CCNc1cccnc1S(=O)(=O)N(C)C1CCCC1. The third kappa shape index (κ3) is 2.90. The third-order valence-electron chi connectivity index (χ3n) is 3.60. The molecule has 0 saturated heterocycles. The number of pyridine rings is 1. The smallest absolute Gasteiger partial charge is 0.262 e. The molecule has 106 valence electrons. The van der Waals surface area contributed by atoms with Crippen LogP contribution in [0.2, 0.25) is 0 Å². The molecule has 6 heteroatoms. The van der Waals surface area contributed by atoms with E-state index in [4.69, 9.17) is 0 Å². The monoisotopic (exact) mass is 283 g/mol. The van der Waals surface area contributed by atoms with E-state index in [1.54, 1.807) is 19.2 Å². The average molecular weight is 283 g/mol. The molecule has 1 N–H and O–H groups in total. The summed E-state index contributed by atoms with van der Waals surface area (Å²) in [7, 11) is -1.85. The number of rotatable bonds is 5. The fraction of sp³-hybridized carbons (Fsp3) is 0.615. The van der Waals surface area contributed by atoms with Gasteiger partial charge in [0.1, 0.15) is 0 Å². The average Bonchev–Trinajstić information content (AvgIpc) is 2.92. The lowest BCUT2D eigenvalue weighted by Crippen LogP contribution is -2.36. The van der Waals surface area contributed by atoms with E-state index in [9.17, 15) is 8.42 Å². The van der Waals surface area contributed by atoms with Crippen LogP contribution in [-0.2, 0) is 10.0 Å². The van der Waals surface area contributed by atoms with E-state index < -0.39 is 10.0 Å². The number of sulfonamides is 1. The summed E-state index contributed by atoms with van der Waals surface area (Å²) in [4.78, 5) is 4.07. The van der Waals surface area contributed by atoms with Crippen LogP contribution in [0.4, 0.5) is 5.69 Å². The highest BCUT2D eigenvalue weighted by molar-refractivity contribution is 7.89. The van der Waals surface area contributed by atoms with Crippen LogP contribution in [0.25, 0.3) is 0 Å². The molecule has 0 aromatic carbocycles. The first-order valence-corrected chi connectivity index (χ1v) is 8.18. The Morgan fingerprint density at radius 3 is 2.74 bits per heavy atom. The molecule has 2 rings (SSSR count). The van der Waals surface area contributed by atoms with Crippen molar-refractivity contribution in [1.82, 2.24) is 9.29 Å². The molecule has 0 bridgehead atoms. The molecule has 0 radical (unpaired) electrons. The van der Waals surface area contributed by atoms with Gasteiger partial charge in [0, 0.05) is 25.8 Å². The van der Waals surface area contributed by atoms with Crippen molar-refractivity contribution in [2.75, 3.05) is 18.9 Å². The van der Waals surface area contributed by atoms with Gasteiger partial charge < -0.3 is 5.32 Å². The fourth-order valence-corrected chi connectivity index (χ4v) is 4.01. The Morgan fingerprint density at radius 1 is 1.42 bits per heavy atom. The highest BCUT2D eigenvalue weighted by atomic mass is 32.2. The summed E-state index contributed by atoms with van der Waals surface area (Å²) >= 11 is 0. The first-order valence-electron chi connectivity index (χ1n) is 6.74. The molecule has 0 spiro atoms. The van der Waals surface area contributed by atoms with Crippen molar-refractivity contribution in [2.24, 2.45) is 0 Å². The summed E-state index contributed by atoms with van der Waals surface area (Å²) in [5.41, 5.74) is 0.579. The minimum atomic E-state index is -3.52. The summed E-state index contributed by atoms with van der Waals surface area (Å²) in [6, 6.07) is 3.61. The molecule has 1 heterocycles. The van der Waals surface area contributed by atoms with Crippen LogP contribution in [0.15, 0.2) is 23.4 Å². The van der Waals surface area contributed by atoms with E-state index in [2.05, 4.69) is 10.3 Å². The lowest BCUT2D eigenvalue weighted by molar-refractivity contribution is 0.372. The first-order chi connectivity index (χ1) is 9.07. The number of aromatic nitrogens is 1. The first kappa shape index (κ1) is 14.3. The topological polar surface area (TPSA) is 62.3 Å². The zero-order valence-electron chi connectivity index (χ0n) is 11.5. The minimum absolute atomic E-state index is 0.112. The van der Waals surface area contributed by atoms with Gasteiger partial charge in [0.25, 0.3) is 10.0 Å². The Hall–Kier alpha value is -1.14. The largest absolute Gasteiger partial charge is 0.383 e. The van der Waals surface area contributed by atoms with E-state index in [-0.39, 0.29) is 11.1 Å². The second-order valence-electron chi connectivity index (χ2n) is 4.85. The number of hydrogen-bond donors (Lipinski definition) is 1. The van der Waals surface area contributed by atoms with Crippen molar-refractivity contribution in [3.63, 3.8) is 0 Å². The molecule has 1 saturated carbocycles. The van der Waals surface area contributed by atoms with Crippen LogP contribution in [0.5, 0.6) is 0 Å². The maximum Gasteiger partial charge on any atom is 0.262 e. The zero-order valence-corrected chi connectivity index (χ0v) is 12.3. The van der Waals surface area contributed by atoms with Crippen molar-refractivity contribution in [3.8, 4) is 0 Å². The van der Waals surface area contributed by atoms with Crippen molar-refractivity contribution in [1.29, 1.82) is 0 Å². The number of nitrogens with zero attached hydrogens (tertiary/aromatic N) is 2. The molecule has 0 amide bonds. The molecular weight excluding hydrogens is 262 g/mol. The second-order valence-corrected chi connectivity index (χ2v) is 6.76. The van der Waals surface area contributed by atoms with Gasteiger partial charge in [-0.2, -0.15) is 4.31 Å². The summed E-state index contributed by atoms with van der Waals surface area (Å²) in [6.07, 6.45) is 5.62.